The number of carbonyl (C=O) groups is 2. The monoisotopic (exact) mass is 210 g/mol. The van der Waals surface area contributed by atoms with Crippen molar-refractivity contribution in [2.45, 2.75) is 6.42 Å². The minimum Gasteiger partial charge on any atom is -0.469 e. The van der Waals surface area contributed by atoms with Gasteiger partial charge in [0.1, 0.15) is 0 Å². The highest BCUT2D eigenvalue weighted by atomic mass is 16.5. The molecular formula is C11H14O4. The van der Waals surface area contributed by atoms with E-state index in [2.05, 4.69) is 0 Å². The van der Waals surface area contributed by atoms with Crippen molar-refractivity contribution >= 4 is 11.9 Å². The van der Waals surface area contributed by atoms with Crippen molar-refractivity contribution in [3.63, 3.8) is 0 Å². The highest BCUT2D eigenvalue weighted by Gasteiger charge is 2.52. The number of allylic oxidation sites excluding steroid dienone is 2. The molecule has 0 amide bonds. The van der Waals surface area contributed by atoms with Crippen LogP contribution in [0, 0.1) is 23.7 Å². The molecule has 0 aromatic heterocycles. The van der Waals surface area contributed by atoms with Gasteiger partial charge in [-0.3, -0.25) is 9.59 Å². The maximum Gasteiger partial charge on any atom is 0.310 e. The topological polar surface area (TPSA) is 52.6 Å². The summed E-state index contributed by atoms with van der Waals surface area (Å²) in [4.78, 5) is 23.1. The van der Waals surface area contributed by atoms with Gasteiger partial charge in [0, 0.05) is 0 Å². The Bertz CT molecular complexity index is 291. The van der Waals surface area contributed by atoms with Crippen LogP contribution >= 0.6 is 0 Å². The van der Waals surface area contributed by atoms with Crippen LogP contribution in [0.4, 0.5) is 0 Å². The van der Waals surface area contributed by atoms with Crippen LogP contribution in [0.3, 0.4) is 0 Å². The van der Waals surface area contributed by atoms with Crippen LogP contribution in [0.1, 0.15) is 6.42 Å². The fourth-order valence-electron chi connectivity index (χ4n) is 2.74. The van der Waals surface area contributed by atoms with E-state index < -0.39 is 0 Å². The number of carbonyl (C=O) groups excluding carboxylic acids is 2. The molecular weight excluding hydrogens is 196 g/mol. The zero-order valence-electron chi connectivity index (χ0n) is 8.80. The highest BCUT2D eigenvalue weighted by molar-refractivity contribution is 5.84. The number of rotatable bonds is 2. The first-order valence-electron chi connectivity index (χ1n) is 5.03. The zero-order chi connectivity index (χ0) is 11.0. The molecule has 2 aliphatic rings. The van der Waals surface area contributed by atoms with E-state index in [9.17, 15) is 9.59 Å². The number of fused-ring (bicyclic) bond motifs is 2. The first-order valence-corrected chi connectivity index (χ1v) is 5.03. The summed E-state index contributed by atoms with van der Waals surface area (Å²) < 4.78 is 9.46. The molecule has 2 rings (SSSR count). The number of hydrogen-bond donors (Lipinski definition) is 0. The summed E-state index contributed by atoms with van der Waals surface area (Å²) in [6.45, 7) is 0. The van der Waals surface area contributed by atoms with Gasteiger partial charge >= 0.3 is 11.9 Å². The van der Waals surface area contributed by atoms with Crippen LogP contribution < -0.4 is 0 Å². The maximum atomic E-state index is 11.6. The quantitative estimate of drug-likeness (QED) is 0.499. The van der Waals surface area contributed by atoms with Crippen molar-refractivity contribution in [1.29, 1.82) is 0 Å². The van der Waals surface area contributed by atoms with E-state index in [1.807, 2.05) is 12.2 Å². The normalized spacial score (nSPS) is 36.7. The Morgan fingerprint density at radius 2 is 1.40 bits per heavy atom. The van der Waals surface area contributed by atoms with Crippen LogP contribution in [0.5, 0.6) is 0 Å². The molecule has 4 atom stereocenters. The summed E-state index contributed by atoms with van der Waals surface area (Å²) >= 11 is 0. The third-order valence-corrected chi connectivity index (χ3v) is 3.41. The van der Waals surface area contributed by atoms with Gasteiger partial charge in [-0.25, -0.2) is 0 Å². The molecule has 0 spiro atoms. The van der Waals surface area contributed by atoms with Gasteiger partial charge in [0.15, 0.2) is 0 Å². The largest absolute Gasteiger partial charge is 0.469 e. The van der Waals surface area contributed by atoms with Crippen LogP contribution in [0.2, 0.25) is 0 Å². The lowest BCUT2D eigenvalue weighted by molar-refractivity contribution is -0.158. The van der Waals surface area contributed by atoms with Gasteiger partial charge in [-0.1, -0.05) is 12.2 Å². The molecule has 4 nitrogen and oxygen atoms in total. The second-order valence-corrected chi connectivity index (χ2v) is 4.05. The van der Waals surface area contributed by atoms with E-state index in [0.717, 1.165) is 6.42 Å². The zero-order valence-corrected chi connectivity index (χ0v) is 8.80. The van der Waals surface area contributed by atoms with Crippen molar-refractivity contribution in [2.24, 2.45) is 23.7 Å². The Kier molecular flexibility index (Phi) is 2.50. The average Bonchev–Trinajstić information content (AvgIpc) is 2.86. The average molecular weight is 210 g/mol. The Morgan fingerprint density at radius 3 is 1.73 bits per heavy atom. The SMILES string of the molecule is COC(=O)C1C(C(=O)OC)[C@H]2C=C[C@H]1C2. The van der Waals surface area contributed by atoms with E-state index in [1.54, 1.807) is 0 Å². The Hall–Kier alpha value is -1.32. The molecule has 0 saturated heterocycles. The molecule has 0 aliphatic heterocycles. The summed E-state index contributed by atoms with van der Waals surface area (Å²) in [7, 11) is 2.71. The minimum absolute atomic E-state index is 0.145. The van der Waals surface area contributed by atoms with Gasteiger partial charge < -0.3 is 9.47 Å². The van der Waals surface area contributed by atoms with Crippen molar-refractivity contribution in [3.8, 4) is 0 Å². The van der Waals surface area contributed by atoms with Crippen LogP contribution in [-0.2, 0) is 19.1 Å². The molecule has 15 heavy (non-hydrogen) atoms. The minimum atomic E-state index is -0.350. The van der Waals surface area contributed by atoms with Crippen molar-refractivity contribution < 1.29 is 19.1 Å². The van der Waals surface area contributed by atoms with Crippen LogP contribution in [0.15, 0.2) is 12.2 Å². The summed E-state index contributed by atoms with van der Waals surface area (Å²) in [5, 5.41) is 0. The van der Waals surface area contributed by atoms with Gasteiger partial charge in [0.2, 0.25) is 0 Å². The second kappa shape index (κ2) is 3.68. The summed E-state index contributed by atoms with van der Waals surface area (Å²) in [6, 6.07) is 0. The molecule has 0 aromatic carbocycles. The molecule has 2 bridgehead atoms. The van der Waals surface area contributed by atoms with Crippen LogP contribution in [-0.4, -0.2) is 26.2 Å². The first kappa shape index (κ1) is 10.2. The first-order chi connectivity index (χ1) is 7.19. The number of methoxy groups -OCH3 is 2. The molecule has 0 N–H and O–H groups in total. The van der Waals surface area contributed by atoms with Crippen molar-refractivity contribution in [1.82, 2.24) is 0 Å². The highest BCUT2D eigenvalue weighted by Crippen LogP contribution is 2.48. The Balaban J connectivity index is 2.24. The third kappa shape index (κ3) is 1.44. The summed E-state index contributed by atoms with van der Waals surface area (Å²) in [5.41, 5.74) is 0. The third-order valence-electron chi connectivity index (χ3n) is 3.41. The smallest absolute Gasteiger partial charge is 0.310 e. The fourth-order valence-corrected chi connectivity index (χ4v) is 2.74. The van der Waals surface area contributed by atoms with Gasteiger partial charge in [-0.05, 0) is 18.3 Å². The lowest BCUT2D eigenvalue weighted by atomic mass is 9.83. The Labute approximate surface area is 88.2 Å². The number of hydrogen-bond acceptors (Lipinski definition) is 4. The van der Waals surface area contributed by atoms with E-state index in [4.69, 9.17) is 9.47 Å². The molecule has 1 saturated carbocycles. The van der Waals surface area contributed by atoms with E-state index in [1.165, 1.54) is 14.2 Å². The lowest BCUT2D eigenvalue weighted by Crippen LogP contribution is -2.34. The summed E-state index contributed by atoms with van der Waals surface area (Å²) in [5.74, 6) is -1.02. The molecule has 0 heterocycles. The van der Waals surface area contributed by atoms with E-state index in [0.29, 0.717) is 0 Å². The predicted molar refractivity (Wildman–Crippen MR) is 51.7 cm³/mol. The standard InChI is InChI=1S/C11H14O4/c1-14-10(12)8-6-3-4-7(5-6)9(8)11(13)15-2/h3-4,6-9H,5H2,1-2H3/t6-,7-,8?,9?/m0/s1. The molecule has 4 heteroatoms. The summed E-state index contributed by atoms with van der Waals surface area (Å²) in [6.07, 6.45) is 4.87. The predicted octanol–water partition coefficient (Wildman–Crippen LogP) is 0.771. The molecule has 2 aliphatic carbocycles. The fraction of sp³-hybridized carbons (Fsp3) is 0.636. The molecule has 0 radical (unpaired) electrons. The second-order valence-electron chi connectivity index (χ2n) is 4.05. The van der Waals surface area contributed by atoms with Crippen molar-refractivity contribution in [2.75, 3.05) is 14.2 Å². The Morgan fingerprint density at radius 1 is 1.00 bits per heavy atom. The van der Waals surface area contributed by atoms with Gasteiger partial charge in [-0.15, -0.1) is 0 Å². The van der Waals surface area contributed by atoms with E-state index >= 15 is 0 Å². The van der Waals surface area contributed by atoms with Gasteiger partial charge in [0.25, 0.3) is 0 Å². The van der Waals surface area contributed by atoms with Gasteiger partial charge in [0.05, 0.1) is 26.1 Å². The van der Waals surface area contributed by atoms with E-state index in [-0.39, 0.29) is 35.6 Å². The lowest BCUT2D eigenvalue weighted by Gasteiger charge is -2.23. The number of esters is 2. The van der Waals surface area contributed by atoms with Crippen molar-refractivity contribution in [3.05, 3.63) is 12.2 Å². The number of ether oxygens (including phenoxy) is 2. The molecule has 2 unspecified atom stereocenters. The van der Waals surface area contributed by atoms with Crippen LogP contribution in [0.25, 0.3) is 0 Å². The maximum absolute atomic E-state index is 11.6. The molecule has 82 valence electrons. The van der Waals surface area contributed by atoms with Gasteiger partial charge in [-0.2, -0.15) is 0 Å². The molecule has 0 aromatic rings. The molecule has 1 fully saturated rings.